The summed E-state index contributed by atoms with van der Waals surface area (Å²) in [7, 11) is 0. The van der Waals surface area contributed by atoms with Crippen molar-refractivity contribution in [2.75, 3.05) is 0 Å². The molecular formula is C16H17N5O3. The minimum Gasteiger partial charge on any atom is -0.263 e. The Kier molecular flexibility index (Phi) is 3.51. The van der Waals surface area contributed by atoms with Gasteiger partial charge in [0.25, 0.3) is 0 Å². The number of rotatable bonds is 3. The highest BCUT2D eigenvalue weighted by Gasteiger charge is 2.47. The van der Waals surface area contributed by atoms with E-state index in [0.717, 1.165) is 41.9 Å². The van der Waals surface area contributed by atoms with Gasteiger partial charge in [-0.1, -0.05) is 25.3 Å². The summed E-state index contributed by atoms with van der Waals surface area (Å²) in [5.41, 5.74) is 1.26. The van der Waals surface area contributed by atoms with E-state index < -0.39 is 17.8 Å². The van der Waals surface area contributed by atoms with Crippen LogP contribution in [0.15, 0.2) is 24.5 Å². The molecule has 3 heterocycles. The van der Waals surface area contributed by atoms with Crippen molar-refractivity contribution in [3.8, 4) is 0 Å². The Morgan fingerprint density at radius 3 is 2.62 bits per heavy atom. The second kappa shape index (κ2) is 5.70. The summed E-state index contributed by atoms with van der Waals surface area (Å²) < 4.78 is 1.56. The van der Waals surface area contributed by atoms with Gasteiger partial charge in [0.05, 0.1) is 12.2 Å². The molecule has 1 saturated carbocycles. The summed E-state index contributed by atoms with van der Waals surface area (Å²) in [4.78, 5) is 43.5. The highest BCUT2D eigenvalue weighted by molar-refractivity contribution is 6.44. The zero-order valence-electron chi connectivity index (χ0n) is 13.1. The standard InChI is InChI=1S/C16H17N5O3/c22-14-15(23)20(11-5-2-1-3-6-11)16(24)19(14)9-12-7-4-8-13-17-10-18-21(12)13/h4,7-8,10-11H,1-3,5-6,9H2. The Bertz CT molecular complexity index is 824. The lowest BCUT2D eigenvalue weighted by Crippen LogP contribution is -2.42. The number of hydrogen-bond donors (Lipinski definition) is 0. The van der Waals surface area contributed by atoms with Gasteiger partial charge in [0.2, 0.25) is 0 Å². The van der Waals surface area contributed by atoms with Crippen LogP contribution < -0.4 is 0 Å². The third kappa shape index (κ3) is 2.26. The van der Waals surface area contributed by atoms with Gasteiger partial charge in [-0.25, -0.2) is 19.2 Å². The number of imide groups is 2. The van der Waals surface area contributed by atoms with Crippen LogP contribution in [0.3, 0.4) is 0 Å². The molecule has 8 heteroatoms. The van der Waals surface area contributed by atoms with E-state index in [1.54, 1.807) is 22.7 Å². The van der Waals surface area contributed by atoms with Gasteiger partial charge >= 0.3 is 17.8 Å². The van der Waals surface area contributed by atoms with Crippen molar-refractivity contribution in [3.63, 3.8) is 0 Å². The molecule has 24 heavy (non-hydrogen) atoms. The Morgan fingerprint density at radius 1 is 1.04 bits per heavy atom. The van der Waals surface area contributed by atoms with Crippen LogP contribution in [0, 0.1) is 0 Å². The van der Waals surface area contributed by atoms with E-state index in [2.05, 4.69) is 10.1 Å². The lowest BCUT2D eigenvalue weighted by atomic mass is 9.94. The van der Waals surface area contributed by atoms with E-state index in [9.17, 15) is 14.4 Å². The molecule has 0 N–H and O–H groups in total. The third-order valence-corrected chi connectivity index (χ3v) is 4.72. The Hall–Kier alpha value is -2.77. The first kappa shape index (κ1) is 14.8. The lowest BCUT2D eigenvalue weighted by Gasteiger charge is -2.28. The molecule has 1 saturated heterocycles. The van der Waals surface area contributed by atoms with Crippen molar-refractivity contribution in [2.24, 2.45) is 0 Å². The van der Waals surface area contributed by atoms with Crippen LogP contribution in [0.2, 0.25) is 0 Å². The highest BCUT2D eigenvalue weighted by Crippen LogP contribution is 2.27. The summed E-state index contributed by atoms with van der Waals surface area (Å²) in [5, 5.41) is 4.10. The van der Waals surface area contributed by atoms with Gasteiger partial charge in [-0.05, 0) is 25.0 Å². The predicted octanol–water partition coefficient (Wildman–Crippen LogP) is 1.35. The van der Waals surface area contributed by atoms with E-state index in [1.807, 2.05) is 0 Å². The zero-order valence-corrected chi connectivity index (χ0v) is 13.1. The average molecular weight is 327 g/mol. The molecule has 0 unspecified atom stereocenters. The number of urea groups is 1. The second-order valence-corrected chi connectivity index (χ2v) is 6.19. The van der Waals surface area contributed by atoms with Crippen LogP contribution >= 0.6 is 0 Å². The van der Waals surface area contributed by atoms with Gasteiger partial charge in [-0.2, -0.15) is 5.10 Å². The molecule has 2 aromatic rings. The molecule has 0 atom stereocenters. The molecule has 4 rings (SSSR count). The molecule has 2 aromatic heterocycles. The molecular weight excluding hydrogens is 310 g/mol. The van der Waals surface area contributed by atoms with Crippen LogP contribution in [0.5, 0.6) is 0 Å². The number of hydrogen-bond acceptors (Lipinski definition) is 5. The quantitative estimate of drug-likeness (QED) is 0.627. The second-order valence-electron chi connectivity index (χ2n) is 6.19. The van der Waals surface area contributed by atoms with Gasteiger partial charge in [0, 0.05) is 6.04 Å². The van der Waals surface area contributed by atoms with Crippen molar-refractivity contribution in [2.45, 2.75) is 44.7 Å². The summed E-state index contributed by atoms with van der Waals surface area (Å²) in [6, 6.07) is 4.65. The van der Waals surface area contributed by atoms with E-state index in [0.29, 0.717) is 11.3 Å². The number of fused-ring (bicyclic) bond motifs is 1. The first-order valence-corrected chi connectivity index (χ1v) is 8.13. The SMILES string of the molecule is O=C1C(=O)N(C2CCCCC2)C(=O)N1Cc1cccc2ncnn12. The zero-order chi connectivity index (χ0) is 16.7. The molecule has 2 fully saturated rings. The average Bonchev–Trinajstić information content (AvgIpc) is 3.16. The maximum absolute atomic E-state index is 12.7. The minimum atomic E-state index is -0.761. The van der Waals surface area contributed by atoms with E-state index in [4.69, 9.17) is 0 Å². The Morgan fingerprint density at radius 2 is 1.83 bits per heavy atom. The topological polar surface area (TPSA) is 87.9 Å². The van der Waals surface area contributed by atoms with Gasteiger partial charge in [-0.3, -0.25) is 14.5 Å². The van der Waals surface area contributed by atoms with Crippen molar-refractivity contribution in [3.05, 3.63) is 30.2 Å². The van der Waals surface area contributed by atoms with E-state index in [1.165, 1.54) is 6.33 Å². The molecule has 0 radical (unpaired) electrons. The van der Waals surface area contributed by atoms with E-state index in [-0.39, 0.29) is 12.6 Å². The molecule has 1 aliphatic carbocycles. The van der Waals surface area contributed by atoms with Gasteiger partial charge in [-0.15, -0.1) is 0 Å². The molecule has 0 bridgehead atoms. The maximum atomic E-state index is 12.7. The van der Waals surface area contributed by atoms with Crippen LogP contribution in [-0.4, -0.2) is 48.3 Å². The van der Waals surface area contributed by atoms with Crippen LogP contribution in [0.25, 0.3) is 5.65 Å². The summed E-state index contributed by atoms with van der Waals surface area (Å²) in [6.07, 6.45) is 6.03. The van der Waals surface area contributed by atoms with Crippen molar-refractivity contribution in [1.82, 2.24) is 24.4 Å². The fourth-order valence-electron chi connectivity index (χ4n) is 3.51. The number of carbonyl (C=O) groups is 3. The largest absolute Gasteiger partial charge is 0.334 e. The summed E-state index contributed by atoms with van der Waals surface area (Å²) in [5.74, 6) is -1.47. The number of amides is 4. The Balaban J connectivity index is 1.61. The number of pyridine rings is 1. The summed E-state index contributed by atoms with van der Waals surface area (Å²) in [6.45, 7) is 0.00727. The first-order chi connectivity index (χ1) is 11.7. The predicted molar refractivity (Wildman–Crippen MR) is 82.7 cm³/mol. The fourth-order valence-corrected chi connectivity index (χ4v) is 3.51. The smallest absolute Gasteiger partial charge is 0.263 e. The van der Waals surface area contributed by atoms with Crippen molar-refractivity contribution < 1.29 is 14.4 Å². The Labute approximate surface area is 138 Å². The molecule has 0 aromatic carbocycles. The van der Waals surface area contributed by atoms with Crippen LogP contribution in [0.1, 0.15) is 37.8 Å². The first-order valence-electron chi connectivity index (χ1n) is 8.13. The van der Waals surface area contributed by atoms with Crippen LogP contribution in [-0.2, 0) is 16.1 Å². The normalized spacial score (nSPS) is 19.8. The van der Waals surface area contributed by atoms with E-state index >= 15 is 0 Å². The molecule has 2 aliphatic rings. The number of aromatic nitrogens is 3. The molecule has 0 spiro atoms. The summed E-state index contributed by atoms with van der Waals surface area (Å²) >= 11 is 0. The van der Waals surface area contributed by atoms with Crippen molar-refractivity contribution in [1.29, 1.82) is 0 Å². The van der Waals surface area contributed by atoms with Gasteiger partial charge < -0.3 is 0 Å². The maximum Gasteiger partial charge on any atom is 0.334 e. The molecule has 8 nitrogen and oxygen atoms in total. The number of carbonyl (C=O) groups excluding carboxylic acids is 3. The minimum absolute atomic E-state index is 0.00727. The number of nitrogens with zero attached hydrogens (tertiary/aromatic N) is 5. The lowest BCUT2D eigenvalue weighted by molar-refractivity contribution is -0.144. The third-order valence-electron chi connectivity index (χ3n) is 4.72. The monoisotopic (exact) mass is 327 g/mol. The van der Waals surface area contributed by atoms with Gasteiger partial charge in [0.1, 0.15) is 6.33 Å². The molecule has 1 aliphatic heterocycles. The van der Waals surface area contributed by atoms with Crippen molar-refractivity contribution >= 4 is 23.5 Å². The molecule has 124 valence electrons. The van der Waals surface area contributed by atoms with Crippen LogP contribution in [0.4, 0.5) is 4.79 Å². The fraction of sp³-hybridized carbons (Fsp3) is 0.438. The van der Waals surface area contributed by atoms with Gasteiger partial charge in [0.15, 0.2) is 5.65 Å². The molecule has 4 amide bonds. The highest BCUT2D eigenvalue weighted by atomic mass is 16.2.